The van der Waals surface area contributed by atoms with Crippen LogP contribution in [-0.4, -0.2) is 52.3 Å². The van der Waals surface area contributed by atoms with Crippen LogP contribution < -0.4 is 10.1 Å². The highest BCUT2D eigenvalue weighted by molar-refractivity contribution is 6.12. The van der Waals surface area contributed by atoms with Gasteiger partial charge in [-0.2, -0.15) is 0 Å². The fourth-order valence-corrected chi connectivity index (χ4v) is 6.77. The summed E-state index contributed by atoms with van der Waals surface area (Å²) in [6.45, 7) is 4.12. The Morgan fingerprint density at radius 2 is 1.85 bits per heavy atom. The Morgan fingerprint density at radius 3 is 2.64 bits per heavy atom. The molecular formula is C33H36N4O2. The van der Waals surface area contributed by atoms with E-state index in [0.717, 1.165) is 47.9 Å². The van der Waals surface area contributed by atoms with Crippen LogP contribution in [0.15, 0.2) is 54.9 Å². The molecule has 1 unspecified atom stereocenters. The van der Waals surface area contributed by atoms with Crippen LogP contribution in [0, 0.1) is 5.41 Å². The van der Waals surface area contributed by atoms with Gasteiger partial charge in [0.15, 0.2) is 0 Å². The molecule has 1 spiro atoms. The van der Waals surface area contributed by atoms with Crippen molar-refractivity contribution in [1.29, 1.82) is 5.41 Å². The molecule has 0 bridgehead atoms. The van der Waals surface area contributed by atoms with Crippen molar-refractivity contribution in [2.45, 2.75) is 75.9 Å². The maximum absolute atomic E-state index is 12.7. The fourth-order valence-electron chi connectivity index (χ4n) is 6.77. The molecule has 6 nitrogen and oxygen atoms in total. The van der Waals surface area contributed by atoms with E-state index in [1.165, 1.54) is 43.4 Å². The first kappa shape index (κ1) is 24.5. The largest absolute Gasteiger partial charge is 0.490 e. The number of aryl methyl sites for hydroxylation is 2. The predicted molar refractivity (Wildman–Crippen MR) is 153 cm³/mol. The van der Waals surface area contributed by atoms with Crippen LogP contribution in [0.5, 0.6) is 5.75 Å². The molecule has 1 saturated heterocycles. The average Bonchev–Trinajstić information content (AvgIpc) is 3.68. The number of nitrogens with one attached hydrogen (secondary N) is 2. The number of benzene rings is 2. The van der Waals surface area contributed by atoms with Gasteiger partial charge in [-0.25, -0.2) is 0 Å². The van der Waals surface area contributed by atoms with E-state index >= 15 is 0 Å². The number of hydrogen-bond acceptors (Lipinski definition) is 5. The van der Waals surface area contributed by atoms with Crippen LogP contribution in [-0.2, 0) is 12.8 Å². The second kappa shape index (κ2) is 9.60. The van der Waals surface area contributed by atoms with Gasteiger partial charge in [-0.15, -0.1) is 0 Å². The van der Waals surface area contributed by atoms with Gasteiger partial charge in [0.25, 0.3) is 5.91 Å². The molecule has 1 saturated carbocycles. The van der Waals surface area contributed by atoms with Crippen molar-refractivity contribution < 1.29 is 9.53 Å². The Labute approximate surface area is 230 Å². The molecule has 2 N–H and O–H groups in total. The molecular weight excluding hydrogens is 484 g/mol. The fraction of sp³-hybridized carbons (Fsp3) is 0.424. The van der Waals surface area contributed by atoms with Gasteiger partial charge in [0.2, 0.25) is 0 Å². The van der Waals surface area contributed by atoms with Gasteiger partial charge in [0, 0.05) is 41.2 Å². The number of amides is 1. The van der Waals surface area contributed by atoms with E-state index in [-0.39, 0.29) is 11.4 Å². The van der Waals surface area contributed by atoms with Gasteiger partial charge in [-0.1, -0.05) is 24.3 Å². The first-order chi connectivity index (χ1) is 19.0. The van der Waals surface area contributed by atoms with Gasteiger partial charge in [0.1, 0.15) is 12.4 Å². The summed E-state index contributed by atoms with van der Waals surface area (Å²) >= 11 is 0. The topological polar surface area (TPSA) is 78.3 Å². The van der Waals surface area contributed by atoms with Crippen LogP contribution in [0.4, 0.5) is 0 Å². The van der Waals surface area contributed by atoms with Crippen molar-refractivity contribution in [2.24, 2.45) is 0 Å². The smallest absolute Gasteiger partial charge is 0.255 e. The molecule has 2 aliphatic heterocycles. The number of ether oxygens (including phenoxy) is 1. The van der Waals surface area contributed by atoms with Crippen LogP contribution in [0.3, 0.4) is 0 Å². The molecule has 2 aliphatic carbocycles. The Hall–Kier alpha value is -3.51. The van der Waals surface area contributed by atoms with E-state index in [1.54, 1.807) is 12.3 Å². The zero-order valence-corrected chi connectivity index (χ0v) is 22.6. The molecule has 2 atom stereocenters. The lowest BCUT2D eigenvalue weighted by Gasteiger charge is -2.30. The lowest BCUT2D eigenvalue weighted by Crippen LogP contribution is -2.38. The van der Waals surface area contributed by atoms with E-state index in [9.17, 15) is 4.79 Å². The number of pyridine rings is 1. The van der Waals surface area contributed by atoms with Gasteiger partial charge < -0.3 is 10.1 Å². The number of hydrogen-bond donors (Lipinski definition) is 2. The van der Waals surface area contributed by atoms with Crippen molar-refractivity contribution in [2.75, 3.05) is 13.2 Å². The molecule has 7 rings (SSSR count). The van der Waals surface area contributed by atoms with Crippen LogP contribution in [0.2, 0.25) is 0 Å². The first-order valence-corrected chi connectivity index (χ1v) is 14.5. The second-order valence-corrected chi connectivity index (χ2v) is 12.0. The van der Waals surface area contributed by atoms with E-state index in [1.807, 2.05) is 18.3 Å². The third kappa shape index (κ3) is 4.65. The molecule has 6 heteroatoms. The number of rotatable bonds is 4. The number of fused-ring (bicyclic) bond motifs is 2. The van der Waals surface area contributed by atoms with Crippen molar-refractivity contribution in [3.05, 3.63) is 82.7 Å². The van der Waals surface area contributed by atoms with Crippen molar-refractivity contribution in [3.8, 4) is 16.9 Å². The summed E-state index contributed by atoms with van der Waals surface area (Å²) in [6.07, 6.45) is 12.9. The maximum Gasteiger partial charge on any atom is 0.255 e. The quantitative estimate of drug-likeness (QED) is 0.349. The molecule has 4 aliphatic rings. The van der Waals surface area contributed by atoms with Gasteiger partial charge in [0.05, 0.1) is 16.8 Å². The Morgan fingerprint density at radius 1 is 1.00 bits per heavy atom. The lowest BCUT2D eigenvalue weighted by molar-refractivity contribution is 0.0932. The molecule has 200 valence electrons. The highest BCUT2D eigenvalue weighted by Gasteiger charge is 2.47. The number of nitrogens with zero attached hydrogens (tertiary/aromatic N) is 2. The van der Waals surface area contributed by atoms with Gasteiger partial charge >= 0.3 is 0 Å². The second-order valence-electron chi connectivity index (χ2n) is 12.0. The molecule has 3 aromatic rings. The predicted octanol–water partition coefficient (Wildman–Crippen LogP) is 5.55. The summed E-state index contributed by atoms with van der Waals surface area (Å²) in [6, 6.07) is 15.8. The number of carbonyl (C=O) groups excluding carboxylic acids is 1. The zero-order valence-electron chi connectivity index (χ0n) is 22.6. The summed E-state index contributed by atoms with van der Waals surface area (Å²) in [5.41, 5.74) is 7.29. The molecule has 0 radical (unpaired) electrons. The summed E-state index contributed by atoms with van der Waals surface area (Å²) in [4.78, 5) is 19.9. The Kier molecular flexibility index (Phi) is 6.03. The highest BCUT2D eigenvalue weighted by atomic mass is 16.5. The van der Waals surface area contributed by atoms with Gasteiger partial charge in [-0.3, -0.25) is 20.1 Å². The SMILES string of the molecule is C[C@@H]1CCCN1C1CCc2ccc(-c3cncc(C(=N)c4ccc5c(c4)OCC4(CC4)NC5=O)c3)cc2CC1. The van der Waals surface area contributed by atoms with E-state index < -0.39 is 0 Å². The summed E-state index contributed by atoms with van der Waals surface area (Å²) < 4.78 is 6.03. The molecule has 1 aromatic heterocycles. The van der Waals surface area contributed by atoms with Gasteiger partial charge in [-0.05, 0) is 99.7 Å². The highest BCUT2D eigenvalue weighted by Crippen LogP contribution is 2.39. The summed E-state index contributed by atoms with van der Waals surface area (Å²) in [7, 11) is 0. The number of likely N-dealkylation sites (tertiary alicyclic amines) is 1. The third-order valence-corrected chi connectivity index (χ3v) is 9.38. The van der Waals surface area contributed by atoms with E-state index in [0.29, 0.717) is 35.7 Å². The molecule has 2 aromatic carbocycles. The molecule has 3 heterocycles. The van der Waals surface area contributed by atoms with Crippen LogP contribution in [0.25, 0.3) is 11.1 Å². The minimum Gasteiger partial charge on any atom is -0.490 e. The zero-order chi connectivity index (χ0) is 26.6. The molecule has 2 fully saturated rings. The summed E-state index contributed by atoms with van der Waals surface area (Å²) in [5.74, 6) is 0.459. The van der Waals surface area contributed by atoms with E-state index in [2.05, 4.69) is 46.4 Å². The molecule has 1 amide bonds. The van der Waals surface area contributed by atoms with Crippen molar-refractivity contribution in [3.63, 3.8) is 0 Å². The lowest BCUT2D eigenvalue weighted by atomic mass is 9.95. The minimum atomic E-state index is -0.205. The summed E-state index contributed by atoms with van der Waals surface area (Å²) in [5, 5.41) is 12.0. The Bertz CT molecular complexity index is 1460. The molecule has 39 heavy (non-hydrogen) atoms. The maximum atomic E-state index is 12.7. The number of carbonyl (C=O) groups is 1. The standard InChI is InChI=1S/C33H36N4O2/c1-21-3-2-14-37(21)28-9-6-22-4-5-24(15-23(22)7-10-28)26-16-27(19-35-18-26)31(34)25-8-11-29-30(17-25)39-20-33(12-13-33)36-32(29)38/h4-5,8,11,15-19,21,28,34H,2-3,6-7,9-10,12-14,20H2,1H3,(H,36,38)/t21-,28?/m1/s1. The van der Waals surface area contributed by atoms with Crippen molar-refractivity contribution >= 4 is 11.6 Å². The van der Waals surface area contributed by atoms with Crippen LogP contribution in [0.1, 0.15) is 78.1 Å². The average molecular weight is 521 g/mol. The third-order valence-electron chi connectivity index (χ3n) is 9.38. The van der Waals surface area contributed by atoms with Crippen molar-refractivity contribution in [1.82, 2.24) is 15.2 Å². The minimum absolute atomic E-state index is 0.0915. The number of aromatic nitrogens is 1. The Balaban J connectivity index is 1.11. The van der Waals surface area contributed by atoms with E-state index in [4.69, 9.17) is 10.1 Å². The van der Waals surface area contributed by atoms with Crippen LogP contribution >= 0.6 is 0 Å². The first-order valence-electron chi connectivity index (χ1n) is 14.5. The normalized spacial score (nSPS) is 23.7. The monoisotopic (exact) mass is 520 g/mol.